The lowest BCUT2D eigenvalue weighted by molar-refractivity contribution is 0.0965. The Kier molecular flexibility index (Phi) is 3.56. The van der Waals surface area contributed by atoms with Crippen molar-refractivity contribution >= 4 is 11.6 Å². The van der Waals surface area contributed by atoms with Crippen molar-refractivity contribution in [1.82, 2.24) is 9.78 Å². The molecule has 116 valence electrons. The number of fused-ring (bicyclic) bond motifs is 1. The van der Waals surface area contributed by atoms with Crippen LogP contribution in [0, 0.1) is 11.6 Å². The molecule has 0 N–H and O–H groups in total. The number of aryl methyl sites for hydroxylation is 2. The molecule has 0 saturated heterocycles. The summed E-state index contributed by atoms with van der Waals surface area (Å²) in [6.07, 6.45) is 0.684. The van der Waals surface area contributed by atoms with E-state index in [-0.39, 0.29) is 24.6 Å². The average Bonchev–Trinajstić information content (AvgIpc) is 2.91. The molecule has 0 fully saturated rings. The molecule has 1 aromatic carbocycles. The number of anilines is 1. The number of hydrogen-bond acceptors (Lipinski definition) is 3. The first-order valence-electron chi connectivity index (χ1n) is 6.98. The molecule has 7 heteroatoms. The maximum atomic E-state index is 14.1. The largest absolute Gasteiger partial charge is 0.486 e. The molecule has 0 radical (unpaired) electrons. The van der Waals surface area contributed by atoms with E-state index >= 15 is 0 Å². The number of carbonyl (C=O) groups excluding carboxylic acids is 1. The first kappa shape index (κ1) is 14.5. The van der Waals surface area contributed by atoms with E-state index in [1.54, 1.807) is 13.1 Å². The highest BCUT2D eigenvalue weighted by Gasteiger charge is 2.31. The van der Waals surface area contributed by atoms with E-state index in [2.05, 4.69) is 5.10 Å². The number of hydrogen-bond donors (Lipinski definition) is 0. The van der Waals surface area contributed by atoms with Crippen molar-refractivity contribution in [2.24, 2.45) is 7.05 Å². The molecule has 5 nitrogen and oxygen atoms in total. The van der Waals surface area contributed by atoms with Gasteiger partial charge in [0.25, 0.3) is 5.91 Å². The van der Waals surface area contributed by atoms with Gasteiger partial charge in [0, 0.05) is 7.05 Å². The van der Waals surface area contributed by atoms with Gasteiger partial charge in [0.05, 0.1) is 12.2 Å². The monoisotopic (exact) mass is 307 g/mol. The van der Waals surface area contributed by atoms with Crippen LogP contribution < -0.4 is 9.64 Å². The van der Waals surface area contributed by atoms with Gasteiger partial charge in [0.15, 0.2) is 17.4 Å². The van der Waals surface area contributed by atoms with Gasteiger partial charge in [-0.3, -0.25) is 14.4 Å². The van der Waals surface area contributed by atoms with E-state index in [0.29, 0.717) is 12.1 Å². The SMILES string of the molecule is CCc1cc(C(=O)N2CCOc3c(F)ccc(F)c32)n(C)n1. The van der Waals surface area contributed by atoms with Crippen molar-refractivity contribution < 1.29 is 18.3 Å². The number of rotatable bonds is 2. The smallest absolute Gasteiger partial charge is 0.276 e. The molecule has 1 aliphatic heterocycles. The van der Waals surface area contributed by atoms with Gasteiger partial charge in [-0.2, -0.15) is 5.10 Å². The van der Waals surface area contributed by atoms with Crippen LogP contribution >= 0.6 is 0 Å². The van der Waals surface area contributed by atoms with Crippen molar-refractivity contribution in [2.45, 2.75) is 13.3 Å². The minimum Gasteiger partial charge on any atom is -0.486 e. The summed E-state index contributed by atoms with van der Waals surface area (Å²) in [5, 5.41) is 4.21. The van der Waals surface area contributed by atoms with Gasteiger partial charge in [0.1, 0.15) is 18.0 Å². The third-order valence-corrected chi connectivity index (χ3v) is 3.62. The topological polar surface area (TPSA) is 47.4 Å². The van der Waals surface area contributed by atoms with E-state index in [4.69, 9.17) is 4.74 Å². The number of amides is 1. The standard InChI is InChI=1S/C15H15F2N3O2/c1-3-9-8-12(19(2)18-9)15(21)20-6-7-22-14-11(17)5-4-10(16)13(14)20/h4-5,8H,3,6-7H2,1-2H3. The van der Waals surface area contributed by atoms with Gasteiger partial charge < -0.3 is 4.74 Å². The second-order valence-corrected chi connectivity index (χ2v) is 5.01. The van der Waals surface area contributed by atoms with Crippen LogP contribution in [0.2, 0.25) is 0 Å². The molecular formula is C15H15F2N3O2. The Hall–Kier alpha value is -2.44. The molecule has 1 amide bonds. The molecule has 2 heterocycles. The number of halogens is 2. The molecule has 22 heavy (non-hydrogen) atoms. The summed E-state index contributed by atoms with van der Waals surface area (Å²) < 4.78 is 34.5. The minimum absolute atomic E-state index is 0.109. The summed E-state index contributed by atoms with van der Waals surface area (Å²) in [6.45, 7) is 2.19. The highest BCUT2D eigenvalue weighted by Crippen LogP contribution is 2.37. The molecule has 0 saturated carbocycles. The van der Waals surface area contributed by atoms with Crippen molar-refractivity contribution in [1.29, 1.82) is 0 Å². The van der Waals surface area contributed by atoms with Crippen LogP contribution in [0.3, 0.4) is 0 Å². The maximum Gasteiger partial charge on any atom is 0.276 e. The molecule has 0 atom stereocenters. The zero-order chi connectivity index (χ0) is 15.9. The highest BCUT2D eigenvalue weighted by molar-refractivity contribution is 6.06. The van der Waals surface area contributed by atoms with Crippen molar-refractivity contribution in [2.75, 3.05) is 18.1 Å². The Morgan fingerprint density at radius 2 is 2.09 bits per heavy atom. The van der Waals surface area contributed by atoms with E-state index in [0.717, 1.165) is 17.8 Å². The zero-order valence-corrected chi connectivity index (χ0v) is 12.3. The van der Waals surface area contributed by atoms with Gasteiger partial charge in [-0.1, -0.05) is 6.92 Å². The fraction of sp³-hybridized carbons (Fsp3) is 0.333. The van der Waals surface area contributed by atoms with Crippen molar-refractivity contribution in [3.8, 4) is 5.75 Å². The van der Waals surface area contributed by atoms with Crippen LogP contribution in [0.4, 0.5) is 14.5 Å². The third kappa shape index (κ3) is 2.22. The predicted octanol–water partition coefficient (Wildman–Crippen LogP) is 2.30. The molecule has 0 unspecified atom stereocenters. The van der Waals surface area contributed by atoms with E-state index in [1.165, 1.54) is 9.58 Å². The normalized spacial score (nSPS) is 13.7. The van der Waals surface area contributed by atoms with Gasteiger partial charge in [-0.15, -0.1) is 0 Å². The number of nitrogens with zero attached hydrogens (tertiary/aromatic N) is 3. The Bertz CT molecular complexity index is 743. The molecular weight excluding hydrogens is 292 g/mol. The highest BCUT2D eigenvalue weighted by atomic mass is 19.1. The quantitative estimate of drug-likeness (QED) is 0.855. The number of carbonyl (C=O) groups is 1. The summed E-state index contributed by atoms with van der Waals surface area (Å²) in [6, 6.07) is 3.64. The van der Waals surface area contributed by atoms with Crippen LogP contribution in [0.15, 0.2) is 18.2 Å². The number of benzene rings is 1. The zero-order valence-electron chi connectivity index (χ0n) is 12.3. The van der Waals surface area contributed by atoms with Crippen LogP contribution in [0.5, 0.6) is 5.75 Å². The second kappa shape index (κ2) is 5.40. The Labute approximate surface area is 126 Å². The lowest BCUT2D eigenvalue weighted by Crippen LogP contribution is -2.39. The minimum atomic E-state index is -0.692. The van der Waals surface area contributed by atoms with Crippen LogP contribution in [-0.2, 0) is 13.5 Å². The van der Waals surface area contributed by atoms with Crippen molar-refractivity contribution in [3.63, 3.8) is 0 Å². The Morgan fingerprint density at radius 3 is 2.77 bits per heavy atom. The summed E-state index contributed by atoms with van der Waals surface area (Å²) >= 11 is 0. The maximum absolute atomic E-state index is 14.1. The average molecular weight is 307 g/mol. The third-order valence-electron chi connectivity index (χ3n) is 3.62. The van der Waals surface area contributed by atoms with Gasteiger partial charge in [0.2, 0.25) is 0 Å². The summed E-state index contributed by atoms with van der Waals surface area (Å²) in [7, 11) is 1.65. The van der Waals surface area contributed by atoms with E-state index < -0.39 is 17.5 Å². The molecule has 1 aromatic heterocycles. The lowest BCUT2D eigenvalue weighted by Gasteiger charge is -2.29. The summed E-state index contributed by atoms with van der Waals surface area (Å²) in [4.78, 5) is 13.9. The second-order valence-electron chi connectivity index (χ2n) is 5.01. The first-order chi connectivity index (χ1) is 10.5. The molecule has 2 aromatic rings. The van der Waals surface area contributed by atoms with Gasteiger partial charge in [-0.25, -0.2) is 8.78 Å². The fourth-order valence-electron chi connectivity index (χ4n) is 2.50. The lowest BCUT2D eigenvalue weighted by atomic mass is 10.2. The van der Waals surface area contributed by atoms with E-state index in [9.17, 15) is 13.6 Å². The summed E-state index contributed by atoms with van der Waals surface area (Å²) in [5.74, 6) is -2.03. The van der Waals surface area contributed by atoms with Gasteiger partial charge >= 0.3 is 0 Å². The molecule has 0 spiro atoms. The van der Waals surface area contributed by atoms with Crippen LogP contribution in [0.1, 0.15) is 23.1 Å². The van der Waals surface area contributed by atoms with Gasteiger partial charge in [-0.05, 0) is 24.6 Å². The number of ether oxygens (including phenoxy) is 1. The molecule has 3 rings (SSSR count). The van der Waals surface area contributed by atoms with Crippen molar-refractivity contribution in [3.05, 3.63) is 41.2 Å². The predicted molar refractivity (Wildman–Crippen MR) is 76.1 cm³/mol. The number of aromatic nitrogens is 2. The van der Waals surface area contributed by atoms with E-state index in [1.807, 2.05) is 6.92 Å². The van der Waals surface area contributed by atoms with Crippen LogP contribution in [-0.4, -0.2) is 28.8 Å². The molecule has 0 bridgehead atoms. The Balaban J connectivity index is 2.05. The molecule has 1 aliphatic rings. The van der Waals surface area contributed by atoms with Crippen LogP contribution in [0.25, 0.3) is 0 Å². The molecule has 0 aliphatic carbocycles. The fourth-order valence-corrected chi connectivity index (χ4v) is 2.50. The summed E-state index contributed by atoms with van der Waals surface area (Å²) in [5.41, 5.74) is 0.933. The first-order valence-corrected chi connectivity index (χ1v) is 6.98. The Morgan fingerprint density at radius 1 is 1.36 bits per heavy atom.